The van der Waals surface area contributed by atoms with E-state index in [0.717, 1.165) is 22.8 Å². The van der Waals surface area contributed by atoms with Crippen LogP contribution >= 0.6 is 0 Å². The Morgan fingerprint density at radius 1 is 1.00 bits per heavy atom. The third kappa shape index (κ3) is 5.14. The number of hydrogen-bond acceptors (Lipinski definition) is 5. The standard InChI is InChI=1S/C23H23N3O4/c1-3-14-30-21-13-8-16-6-4-5-7-19(16)20(21)15-24-26-23(28)22(27)25-17-9-11-18(29-2)12-10-17/h4-13,15H,3,14H2,1-2H3,(H,25,27)(H,26,28)/b24-15-. The second-order valence-corrected chi connectivity index (χ2v) is 6.43. The lowest BCUT2D eigenvalue weighted by atomic mass is 10.0. The van der Waals surface area contributed by atoms with Gasteiger partial charge in [-0.15, -0.1) is 0 Å². The Balaban J connectivity index is 1.71. The number of methoxy groups -OCH3 is 1. The van der Waals surface area contributed by atoms with Gasteiger partial charge in [-0.2, -0.15) is 5.10 Å². The predicted molar refractivity (Wildman–Crippen MR) is 117 cm³/mol. The molecule has 3 aromatic carbocycles. The molecule has 3 rings (SSSR count). The highest BCUT2D eigenvalue weighted by Crippen LogP contribution is 2.26. The van der Waals surface area contributed by atoms with Crippen molar-refractivity contribution >= 4 is 34.5 Å². The molecule has 7 nitrogen and oxygen atoms in total. The summed E-state index contributed by atoms with van der Waals surface area (Å²) < 4.78 is 10.9. The number of hydrazone groups is 1. The molecule has 0 bridgehead atoms. The third-order valence-electron chi connectivity index (χ3n) is 4.31. The van der Waals surface area contributed by atoms with E-state index in [4.69, 9.17) is 9.47 Å². The van der Waals surface area contributed by atoms with Gasteiger partial charge in [0.05, 0.1) is 19.9 Å². The molecule has 0 aromatic heterocycles. The van der Waals surface area contributed by atoms with Gasteiger partial charge in [0.1, 0.15) is 11.5 Å². The van der Waals surface area contributed by atoms with E-state index in [1.165, 1.54) is 6.21 Å². The second-order valence-electron chi connectivity index (χ2n) is 6.43. The third-order valence-corrected chi connectivity index (χ3v) is 4.31. The molecule has 2 N–H and O–H groups in total. The van der Waals surface area contributed by atoms with Crippen molar-refractivity contribution in [2.45, 2.75) is 13.3 Å². The number of ether oxygens (including phenoxy) is 2. The smallest absolute Gasteiger partial charge is 0.329 e. The highest BCUT2D eigenvalue weighted by Gasteiger charge is 2.13. The zero-order valence-corrected chi connectivity index (χ0v) is 16.8. The van der Waals surface area contributed by atoms with Crippen molar-refractivity contribution in [2.75, 3.05) is 19.0 Å². The van der Waals surface area contributed by atoms with Gasteiger partial charge in [-0.3, -0.25) is 9.59 Å². The van der Waals surface area contributed by atoms with Crippen molar-refractivity contribution in [3.63, 3.8) is 0 Å². The van der Waals surface area contributed by atoms with Crippen LogP contribution in [0.4, 0.5) is 5.69 Å². The largest absolute Gasteiger partial charge is 0.497 e. The van der Waals surface area contributed by atoms with Crippen LogP contribution in [0, 0.1) is 0 Å². The zero-order valence-electron chi connectivity index (χ0n) is 16.8. The van der Waals surface area contributed by atoms with Gasteiger partial charge in [0, 0.05) is 11.3 Å². The Hall–Kier alpha value is -3.87. The van der Waals surface area contributed by atoms with Gasteiger partial charge in [0.25, 0.3) is 0 Å². The van der Waals surface area contributed by atoms with Gasteiger partial charge in [-0.1, -0.05) is 37.3 Å². The number of fused-ring (bicyclic) bond motifs is 1. The maximum Gasteiger partial charge on any atom is 0.329 e. The van der Waals surface area contributed by atoms with Crippen LogP contribution in [0.3, 0.4) is 0 Å². The number of nitrogens with zero attached hydrogens (tertiary/aromatic N) is 1. The molecule has 0 aliphatic heterocycles. The Kier molecular flexibility index (Phi) is 7.00. The van der Waals surface area contributed by atoms with Crippen LogP contribution < -0.4 is 20.2 Å². The summed E-state index contributed by atoms with van der Waals surface area (Å²) in [5.74, 6) is -0.384. The molecule has 0 heterocycles. The number of hydrogen-bond donors (Lipinski definition) is 2. The van der Waals surface area contributed by atoms with Crippen molar-refractivity contribution in [2.24, 2.45) is 5.10 Å². The lowest BCUT2D eigenvalue weighted by Crippen LogP contribution is -2.32. The van der Waals surface area contributed by atoms with E-state index in [1.807, 2.05) is 43.3 Å². The lowest BCUT2D eigenvalue weighted by molar-refractivity contribution is -0.136. The summed E-state index contributed by atoms with van der Waals surface area (Å²) in [6.45, 7) is 2.59. The molecule has 0 radical (unpaired) electrons. The van der Waals surface area contributed by atoms with Gasteiger partial charge in [-0.05, 0) is 47.5 Å². The van der Waals surface area contributed by atoms with Crippen LogP contribution in [0.15, 0.2) is 65.8 Å². The van der Waals surface area contributed by atoms with Crippen molar-refractivity contribution in [3.05, 3.63) is 66.2 Å². The summed E-state index contributed by atoms with van der Waals surface area (Å²) in [4.78, 5) is 24.2. The van der Waals surface area contributed by atoms with Crippen molar-refractivity contribution in [1.82, 2.24) is 5.43 Å². The minimum absolute atomic E-state index is 0.476. The predicted octanol–water partition coefficient (Wildman–Crippen LogP) is 3.73. The zero-order chi connectivity index (χ0) is 21.3. The highest BCUT2D eigenvalue weighted by atomic mass is 16.5. The van der Waals surface area contributed by atoms with Gasteiger partial charge in [0.2, 0.25) is 0 Å². The summed E-state index contributed by atoms with van der Waals surface area (Å²) in [5, 5.41) is 8.43. The molecule has 2 amide bonds. The van der Waals surface area contributed by atoms with E-state index >= 15 is 0 Å². The van der Waals surface area contributed by atoms with Crippen molar-refractivity contribution in [3.8, 4) is 11.5 Å². The van der Waals surface area contributed by atoms with Gasteiger partial charge in [0.15, 0.2) is 0 Å². The minimum atomic E-state index is -0.877. The Morgan fingerprint density at radius 3 is 2.50 bits per heavy atom. The summed E-state index contributed by atoms with van der Waals surface area (Å²) in [7, 11) is 1.55. The first-order valence-electron chi connectivity index (χ1n) is 9.55. The molecule has 0 unspecified atom stereocenters. The summed E-state index contributed by atoms with van der Waals surface area (Å²) in [6, 6.07) is 18.3. The molecule has 0 spiro atoms. The van der Waals surface area contributed by atoms with Crippen LogP contribution in [0.2, 0.25) is 0 Å². The molecule has 7 heteroatoms. The quantitative estimate of drug-likeness (QED) is 0.356. The fraction of sp³-hybridized carbons (Fsp3) is 0.174. The maximum atomic E-state index is 12.1. The first-order valence-corrected chi connectivity index (χ1v) is 9.55. The second kappa shape index (κ2) is 10.1. The summed E-state index contributed by atoms with van der Waals surface area (Å²) in [5.41, 5.74) is 3.47. The first-order chi connectivity index (χ1) is 14.6. The lowest BCUT2D eigenvalue weighted by Gasteiger charge is -2.11. The van der Waals surface area contributed by atoms with Gasteiger partial charge >= 0.3 is 11.8 Å². The molecule has 0 aliphatic rings. The molecule has 0 atom stereocenters. The van der Waals surface area contributed by atoms with Crippen molar-refractivity contribution < 1.29 is 19.1 Å². The molecule has 0 saturated heterocycles. The molecule has 0 fully saturated rings. The van der Waals surface area contributed by atoms with E-state index < -0.39 is 11.8 Å². The fourth-order valence-corrected chi connectivity index (χ4v) is 2.82. The molecular formula is C23H23N3O4. The minimum Gasteiger partial charge on any atom is -0.497 e. The van der Waals surface area contributed by atoms with E-state index in [1.54, 1.807) is 31.4 Å². The number of rotatable bonds is 7. The maximum absolute atomic E-state index is 12.1. The Labute approximate surface area is 174 Å². The number of amides is 2. The van der Waals surface area contributed by atoms with Crippen LogP contribution in [-0.2, 0) is 9.59 Å². The van der Waals surface area contributed by atoms with E-state index in [-0.39, 0.29) is 0 Å². The SMILES string of the molecule is CCCOc1ccc2ccccc2c1/C=N\NC(=O)C(=O)Nc1ccc(OC)cc1. The van der Waals surface area contributed by atoms with Crippen LogP contribution in [0.5, 0.6) is 11.5 Å². The van der Waals surface area contributed by atoms with Crippen LogP contribution in [0.25, 0.3) is 10.8 Å². The molecule has 3 aromatic rings. The van der Waals surface area contributed by atoms with Gasteiger partial charge in [-0.25, -0.2) is 5.43 Å². The molecule has 0 aliphatic carbocycles. The molecular weight excluding hydrogens is 382 g/mol. The Morgan fingerprint density at radius 2 is 1.77 bits per heavy atom. The van der Waals surface area contributed by atoms with Crippen molar-refractivity contribution in [1.29, 1.82) is 0 Å². The first kappa shape index (κ1) is 20.9. The summed E-state index contributed by atoms with van der Waals surface area (Å²) >= 11 is 0. The van der Waals surface area contributed by atoms with Crippen LogP contribution in [0.1, 0.15) is 18.9 Å². The Bertz CT molecular complexity index is 1060. The average Bonchev–Trinajstić information content (AvgIpc) is 2.78. The number of carbonyl (C=O) groups excluding carboxylic acids is 2. The van der Waals surface area contributed by atoms with Gasteiger partial charge < -0.3 is 14.8 Å². The van der Waals surface area contributed by atoms with E-state index in [2.05, 4.69) is 15.8 Å². The molecule has 30 heavy (non-hydrogen) atoms. The number of nitrogens with one attached hydrogen (secondary N) is 2. The normalized spacial score (nSPS) is 10.7. The number of benzene rings is 3. The highest BCUT2D eigenvalue weighted by molar-refractivity contribution is 6.39. The monoisotopic (exact) mass is 405 g/mol. The fourth-order valence-electron chi connectivity index (χ4n) is 2.82. The van der Waals surface area contributed by atoms with Crippen LogP contribution in [-0.4, -0.2) is 31.7 Å². The number of carbonyl (C=O) groups is 2. The number of anilines is 1. The molecule has 154 valence electrons. The van der Waals surface area contributed by atoms with E-state index in [0.29, 0.717) is 23.8 Å². The average molecular weight is 405 g/mol. The molecule has 0 saturated carbocycles. The van der Waals surface area contributed by atoms with E-state index in [9.17, 15) is 9.59 Å². The topological polar surface area (TPSA) is 89.0 Å². The summed E-state index contributed by atoms with van der Waals surface area (Å²) in [6.07, 6.45) is 2.36.